The van der Waals surface area contributed by atoms with E-state index >= 15 is 0 Å². The molecule has 0 aromatic rings. The molecule has 0 atom stereocenters. The number of ether oxygens (including phenoxy) is 2. The first-order valence-electron chi connectivity index (χ1n) is 5.18. The molecule has 0 amide bonds. The highest BCUT2D eigenvalue weighted by molar-refractivity contribution is 5.70. The Bertz CT molecular complexity index is 205. The molecule has 0 aromatic heterocycles. The number of carboxylic acid groups (broad SMARTS) is 2. The standard InChI is InChI=1S/C10H18O6/c1-3-15-10(16-4-2)7(5-8(11)12)6-9(13)14/h7,10H,3-6H2,1-2H3,(H,11,12)(H,13,14). The Kier molecular flexibility index (Phi) is 7.49. The zero-order chi connectivity index (χ0) is 12.6. The van der Waals surface area contributed by atoms with Crippen LogP contribution in [0.25, 0.3) is 0 Å². The molecule has 6 heteroatoms. The molecular weight excluding hydrogens is 216 g/mol. The normalized spacial score (nSPS) is 11.0. The second-order valence-electron chi connectivity index (χ2n) is 3.23. The van der Waals surface area contributed by atoms with Crippen molar-refractivity contribution in [3.8, 4) is 0 Å². The fourth-order valence-corrected chi connectivity index (χ4v) is 1.36. The lowest BCUT2D eigenvalue weighted by molar-refractivity contribution is -0.179. The molecule has 0 heterocycles. The van der Waals surface area contributed by atoms with Crippen molar-refractivity contribution in [2.45, 2.75) is 33.0 Å². The molecule has 0 aromatic carbocycles. The summed E-state index contributed by atoms with van der Waals surface area (Å²) in [6, 6.07) is 0. The van der Waals surface area contributed by atoms with Crippen molar-refractivity contribution in [3.05, 3.63) is 0 Å². The first-order valence-corrected chi connectivity index (χ1v) is 5.18. The Balaban J connectivity index is 4.50. The number of rotatable bonds is 9. The third-order valence-corrected chi connectivity index (χ3v) is 1.92. The summed E-state index contributed by atoms with van der Waals surface area (Å²) in [6.07, 6.45) is -1.34. The van der Waals surface area contributed by atoms with Crippen LogP contribution in [0.15, 0.2) is 0 Å². The number of carbonyl (C=O) groups is 2. The van der Waals surface area contributed by atoms with E-state index in [4.69, 9.17) is 19.7 Å². The fraction of sp³-hybridized carbons (Fsp3) is 0.800. The highest BCUT2D eigenvalue weighted by Gasteiger charge is 2.27. The summed E-state index contributed by atoms with van der Waals surface area (Å²) < 4.78 is 10.4. The van der Waals surface area contributed by atoms with Gasteiger partial charge in [0.15, 0.2) is 6.29 Å². The molecule has 0 aliphatic carbocycles. The molecule has 0 saturated heterocycles. The summed E-state index contributed by atoms with van der Waals surface area (Å²) in [5.74, 6) is -2.79. The van der Waals surface area contributed by atoms with Crippen LogP contribution in [0.3, 0.4) is 0 Å². The van der Waals surface area contributed by atoms with E-state index in [-0.39, 0.29) is 12.8 Å². The van der Waals surface area contributed by atoms with Gasteiger partial charge in [0.2, 0.25) is 0 Å². The van der Waals surface area contributed by atoms with Gasteiger partial charge in [-0.05, 0) is 13.8 Å². The van der Waals surface area contributed by atoms with Crippen LogP contribution in [0, 0.1) is 5.92 Å². The van der Waals surface area contributed by atoms with Crippen molar-refractivity contribution < 1.29 is 29.3 Å². The Hall–Kier alpha value is -1.14. The first-order chi connectivity index (χ1) is 7.51. The molecule has 0 saturated carbocycles. The van der Waals surface area contributed by atoms with Gasteiger partial charge >= 0.3 is 11.9 Å². The van der Waals surface area contributed by atoms with E-state index in [1.165, 1.54) is 0 Å². The van der Waals surface area contributed by atoms with E-state index in [2.05, 4.69) is 0 Å². The monoisotopic (exact) mass is 234 g/mol. The summed E-state index contributed by atoms with van der Waals surface area (Å²) in [5, 5.41) is 17.4. The van der Waals surface area contributed by atoms with Gasteiger partial charge < -0.3 is 19.7 Å². The predicted octanol–water partition coefficient (Wildman–Crippen LogP) is 0.951. The largest absolute Gasteiger partial charge is 0.481 e. The Morgan fingerprint density at radius 1 is 1.00 bits per heavy atom. The SMILES string of the molecule is CCOC(OCC)C(CC(=O)O)CC(=O)O. The topological polar surface area (TPSA) is 93.1 Å². The maximum absolute atomic E-state index is 10.6. The summed E-state index contributed by atoms with van der Waals surface area (Å²) in [4.78, 5) is 21.2. The Labute approximate surface area is 94.2 Å². The number of hydrogen-bond acceptors (Lipinski definition) is 4. The summed E-state index contributed by atoms with van der Waals surface area (Å²) in [5.41, 5.74) is 0. The van der Waals surface area contributed by atoms with E-state index < -0.39 is 24.1 Å². The number of aliphatic carboxylic acids is 2. The molecule has 0 spiro atoms. The second kappa shape index (κ2) is 8.06. The van der Waals surface area contributed by atoms with Gasteiger partial charge in [-0.1, -0.05) is 0 Å². The smallest absolute Gasteiger partial charge is 0.303 e. The van der Waals surface area contributed by atoms with Crippen LogP contribution in [0.5, 0.6) is 0 Å². The summed E-state index contributed by atoms with van der Waals surface area (Å²) in [6.45, 7) is 4.18. The Morgan fingerprint density at radius 3 is 1.62 bits per heavy atom. The van der Waals surface area contributed by atoms with Crippen molar-refractivity contribution in [1.82, 2.24) is 0 Å². The maximum Gasteiger partial charge on any atom is 0.303 e. The van der Waals surface area contributed by atoms with E-state index in [0.717, 1.165) is 0 Å². The van der Waals surface area contributed by atoms with Gasteiger partial charge in [0.25, 0.3) is 0 Å². The van der Waals surface area contributed by atoms with Crippen LogP contribution in [0.1, 0.15) is 26.7 Å². The third kappa shape index (κ3) is 6.36. The van der Waals surface area contributed by atoms with Gasteiger partial charge in [-0.25, -0.2) is 0 Å². The van der Waals surface area contributed by atoms with E-state index in [1.54, 1.807) is 13.8 Å². The number of hydrogen-bond donors (Lipinski definition) is 2. The van der Waals surface area contributed by atoms with Crippen LogP contribution in [-0.4, -0.2) is 41.7 Å². The lowest BCUT2D eigenvalue weighted by Crippen LogP contribution is -2.31. The Morgan fingerprint density at radius 2 is 1.38 bits per heavy atom. The summed E-state index contributed by atoms with van der Waals surface area (Å²) in [7, 11) is 0. The molecule has 6 nitrogen and oxygen atoms in total. The van der Waals surface area contributed by atoms with Gasteiger partial charge in [0.1, 0.15) is 0 Å². The molecule has 0 aliphatic rings. The molecule has 94 valence electrons. The molecular formula is C10H18O6. The minimum atomic E-state index is -1.06. The highest BCUT2D eigenvalue weighted by Crippen LogP contribution is 2.18. The van der Waals surface area contributed by atoms with Crippen molar-refractivity contribution in [3.63, 3.8) is 0 Å². The van der Waals surface area contributed by atoms with Crippen molar-refractivity contribution in [2.24, 2.45) is 5.92 Å². The van der Waals surface area contributed by atoms with Crippen LogP contribution in [-0.2, 0) is 19.1 Å². The van der Waals surface area contributed by atoms with Crippen LogP contribution in [0.4, 0.5) is 0 Å². The predicted molar refractivity (Wildman–Crippen MR) is 55.0 cm³/mol. The molecule has 16 heavy (non-hydrogen) atoms. The second-order valence-corrected chi connectivity index (χ2v) is 3.23. The molecule has 0 unspecified atom stereocenters. The van der Waals surface area contributed by atoms with E-state index in [9.17, 15) is 9.59 Å². The molecule has 2 N–H and O–H groups in total. The average Bonchev–Trinajstić information content (AvgIpc) is 2.15. The average molecular weight is 234 g/mol. The third-order valence-electron chi connectivity index (χ3n) is 1.92. The molecule has 0 aliphatic heterocycles. The van der Waals surface area contributed by atoms with Gasteiger partial charge in [-0.3, -0.25) is 9.59 Å². The summed E-state index contributed by atoms with van der Waals surface area (Å²) >= 11 is 0. The highest BCUT2D eigenvalue weighted by atomic mass is 16.7. The molecule has 0 fully saturated rings. The maximum atomic E-state index is 10.6. The zero-order valence-corrected chi connectivity index (χ0v) is 9.51. The van der Waals surface area contributed by atoms with Crippen LogP contribution < -0.4 is 0 Å². The van der Waals surface area contributed by atoms with Crippen molar-refractivity contribution in [2.75, 3.05) is 13.2 Å². The quantitative estimate of drug-likeness (QED) is 0.577. The van der Waals surface area contributed by atoms with Gasteiger partial charge in [0.05, 0.1) is 12.8 Å². The number of carboxylic acids is 2. The van der Waals surface area contributed by atoms with Gasteiger partial charge in [-0.15, -0.1) is 0 Å². The lowest BCUT2D eigenvalue weighted by Gasteiger charge is -2.24. The molecule has 0 rings (SSSR count). The lowest BCUT2D eigenvalue weighted by atomic mass is 10.0. The zero-order valence-electron chi connectivity index (χ0n) is 9.51. The molecule has 0 bridgehead atoms. The van der Waals surface area contributed by atoms with Crippen molar-refractivity contribution >= 4 is 11.9 Å². The van der Waals surface area contributed by atoms with Crippen LogP contribution >= 0.6 is 0 Å². The van der Waals surface area contributed by atoms with Crippen molar-refractivity contribution in [1.29, 1.82) is 0 Å². The first kappa shape index (κ1) is 14.9. The minimum absolute atomic E-state index is 0.281. The fourth-order valence-electron chi connectivity index (χ4n) is 1.36. The molecule has 0 radical (unpaired) electrons. The van der Waals surface area contributed by atoms with Crippen LogP contribution in [0.2, 0.25) is 0 Å². The van der Waals surface area contributed by atoms with Gasteiger partial charge in [0, 0.05) is 19.1 Å². The van der Waals surface area contributed by atoms with E-state index in [1.807, 2.05) is 0 Å². The van der Waals surface area contributed by atoms with E-state index in [0.29, 0.717) is 13.2 Å². The van der Waals surface area contributed by atoms with Gasteiger partial charge in [-0.2, -0.15) is 0 Å². The minimum Gasteiger partial charge on any atom is -0.481 e.